The van der Waals surface area contributed by atoms with E-state index in [-0.39, 0.29) is 0 Å². The minimum absolute atomic E-state index is 0.811. The van der Waals surface area contributed by atoms with Gasteiger partial charge in [-0.25, -0.2) is 0 Å². The molecule has 0 N–H and O–H groups in total. The molecule has 0 saturated carbocycles. The lowest BCUT2D eigenvalue weighted by molar-refractivity contribution is 0.594. The molecule has 0 aliphatic rings. The van der Waals surface area contributed by atoms with Crippen LogP contribution in [0.3, 0.4) is 0 Å². The van der Waals surface area contributed by atoms with E-state index in [9.17, 15) is 0 Å². The van der Waals surface area contributed by atoms with E-state index in [1.807, 2.05) is 60.7 Å². The Kier molecular flexibility index (Phi) is 7.01. The van der Waals surface area contributed by atoms with Crippen molar-refractivity contribution >= 4 is 40.8 Å². The van der Waals surface area contributed by atoms with Crippen molar-refractivity contribution in [2.45, 2.75) is 6.16 Å². The molecule has 0 radical (unpaired) electrons. The monoisotopic (exact) mass is 490 g/mol. The molecule has 0 fully saturated rings. The molecule has 35 heavy (non-hydrogen) atoms. The van der Waals surface area contributed by atoms with Crippen molar-refractivity contribution < 1.29 is 4.57 Å². The molecule has 1 nitrogen and oxygen atoms in total. The summed E-state index contributed by atoms with van der Waals surface area (Å²) in [7, 11) is -3.09. The Morgan fingerprint density at radius 1 is 0.429 bits per heavy atom. The van der Waals surface area contributed by atoms with E-state index in [4.69, 9.17) is 0 Å². The largest absolute Gasteiger partial charge is 0.309 e. The van der Waals surface area contributed by atoms with Crippen LogP contribution in [0.4, 0.5) is 0 Å². The number of hydrogen-bond donors (Lipinski definition) is 0. The van der Waals surface area contributed by atoms with Crippen molar-refractivity contribution in [3.63, 3.8) is 0 Å². The van der Waals surface area contributed by atoms with Gasteiger partial charge in [-0.05, 0) is 28.6 Å². The molecule has 0 saturated heterocycles. The van der Waals surface area contributed by atoms with Gasteiger partial charge in [0.2, 0.25) is 0 Å². The topological polar surface area (TPSA) is 17.1 Å². The second-order valence-electron chi connectivity index (χ2n) is 8.63. The summed E-state index contributed by atoms with van der Waals surface area (Å²) in [6, 6.07) is 51.9. The minimum atomic E-state index is -3.09. The van der Waals surface area contributed by atoms with E-state index in [0.717, 1.165) is 16.8 Å². The molecule has 0 aliphatic carbocycles. The predicted octanol–water partition coefficient (Wildman–Crippen LogP) is 6.63. The Balaban J connectivity index is 1.90. The first kappa shape index (κ1) is 23.4. The van der Waals surface area contributed by atoms with Gasteiger partial charge in [0.15, 0.2) is 7.14 Å². The van der Waals surface area contributed by atoms with Gasteiger partial charge in [-0.1, -0.05) is 152 Å². The van der Waals surface area contributed by atoms with Crippen LogP contribution >= 0.6 is 14.0 Å². The average Bonchev–Trinajstić information content (AvgIpc) is 2.95. The number of benzene rings is 5. The maximum Gasteiger partial charge on any atom is 0.164 e. The summed E-state index contributed by atoms with van der Waals surface area (Å²) >= 11 is 0. The fraction of sp³-hybridized carbons (Fsp3) is 0.0312. The number of hydrogen-bond acceptors (Lipinski definition) is 1. The Labute approximate surface area is 208 Å². The normalized spacial score (nSPS) is 11.7. The zero-order chi connectivity index (χ0) is 24.0. The first-order chi connectivity index (χ1) is 17.2. The van der Waals surface area contributed by atoms with Gasteiger partial charge in [0.1, 0.15) is 0 Å². The second-order valence-corrected chi connectivity index (χ2v) is 15.0. The summed E-state index contributed by atoms with van der Waals surface area (Å²) < 4.78 is 15.3. The molecule has 0 heterocycles. The van der Waals surface area contributed by atoms with Crippen molar-refractivity contribution in [3.05, 3.63) is 157 Å². The molecule has 0 spiro atoms. The maximum absolute atomic E-state index is 15.3. The van der Waals surface area contributed by atoms with Gasteiger partial charge in [0.25, 0.3) is 0 Å². The fourth-order valence-corrected chi connectivity index (χ4v) is 13.7. The molecule has 0 unspecified atom stereocenters. The Morgan fingerprint density at radius 2 is 0.743 bits per heavy atom. The quantitative estimate of drug-likeness (QED) is 0.234. The highest BCUT2D eigenvalue weighted by Crippen LogP contribution is 2.56. The van der Waals surface area contributed by atoms with Crippen molar-refractivity contribution in [1.82, 2.24) is 0 Å². The molecular formula is C32H28OP2. The molecular weight excluding hydrogens is 462 g/mol. The molecule has 5 aromatic carbocycles. The van der Waals surface area contributed by atoms with Gasteiger partial charge in [-0.2, -0.15) is 0 Å². The molecule has 0 atom stereocenters. The van der Waals surface area contributed by atoms with Crippen molar-refractivity contribution in [3.8, 4) is 0 Å². The van der Waals surface area contributed by atoms with Crippen LogP contribution in [0, 0.1) is 0 Å². The minimum Gasteiger partial charge on any atom is -0.309 e. The van der Waals surface area contributed by atoms with E-state index < -0.39 is 14.0 Å². The summed E-state index contributed by atoms with van der Waals surface area (Å²) in [5, 5.41) is 4.22. The highest BCUT2D eigenvalue weighted by Gasteiger charge is 2.32. The zero-order valence-electron chi connectivity index (χ0n) is 19.5. The van der Waals surface area contributed by atoms with E-state index in [1.54, 1.807) is 0 Å². The molecule has 3 heteroatoms. The highest BCUT2D eigenvalue weighted by atomic mass is 31.2. The molecule has 0 aromatic heterocycles. The van der Waals surface area contributed by atoms with Gasteiger partial charge >= 0.3 is 0 Å². The van der Waals surface area contributed by atoms with Crippen LogP contribution in [0.25, 0.3) is 0 Å². The van der Waals surface area contributed by atoms with Gasteiger partial charge in [0, 0.05) is 16.8 Å². The predicted molar refractivity (Wildman–Crippen MR) is 155 cm³/mol. The maximum atomic E-state index is 15.3. The van der Waals surface area contributed by atoms with Crippen LogP contribution in [-0.4, -0.2) is 5.54 Å². The van der Waals surface area contributed by atoms with Gasteiger partial charge in [-0.15, -0.1) is 0 Å². The lowest BCUT2D eigenvalue weighted by Gasteiger charge is -2.31. The van der Waals surface area contributed by atoms with Crippen molar-refractivity contribution in [2.24, 2.45) is 0 Å². The first-order valence-corrected chi connectivity index (χ1v) is 15.6. The lowest BCUT2D eigenvalue weighted by atomic mass is 10.2. The highest BCUT2D eigenvalue weighted by molar-refractivity contribution is 8.07. The summed E-state index contributed by atoms with van der Waals surface area (Å²) in [5.41, 5.74) is 3.51. The van der Waals surface area contributed by atoms with Crippen LogP contribution in [0.5, 0.6) is 0 Å². The van der Waals surface area contributed by atoms with Crippen LogP contribution < -0.4 is 21.2 Å². The second kappa shape index (κ2) is 10.5. The lowest BCUT2D eigenvalue weighted by Crippen LogP contribution is -2.24. The zero-order valence-corrected chi connectivity index (χ0v) is 21.3. The van der Waals surface area contributed by atoms with Crippen LogP contribution in [-0.2, 0) is 10.7 Å². The van der Waals surface area contributed by atoms with E-state index in [2.05, 4.69) is 96.5 Å². The van der Waals surface area contributed by atoms with Gasteiger partial charge in [-0.3, -0.25) is 0 Å². The first-order valence-electron chi connectivity index (χ1n) is 11.8. The summed E-state index contributed by atoms with van der Waals surface area (Å²) in [6.45, 7) is -2.26. The smallest absolute Gasteiger partial charge is 0.164 e. The molecule has 0 aliphatic heterocycles. The van der Waals surface area contributed by atoms with Gasteiger partial charge in [0.05, 0.1) is 0 Å². The third-order valence-corrected chi connectivity index (χ3v) is 14.7. The molecule has 172 valence electrons. The van der Waals surface area contributed by atoms with Crippen LogP contribution in [0.2, 0.25) is 0 Å². The van der Waals surface area contributed by atoms with E-state index in [0.29, 0.717) is 0 Å². The van der Waals surface area contributed by atoms with Crippen molar-refractivity contribution in [1.29, 1.82) is 0 Å². The molecule has 0 amide bonds. The Morgan fingerprint density at radius 3 is 1.11 bits per heavy atom. The van der Waals surface area contributed by atoms with Gasteiger partial charge < -0.3 is 4.57 Å². The Bertz CT molecular complexity index is 1380. The fourth-order valence-electron chi connectivity index (χ4n) is 4.62. The van der Waals surface area contributed by atoms with Crippen LogP contribution in [0.1, 0.15) is 5.56 Å². The summed E-state index contributed by atoms with van der Waals surface area (Å²) in [4.78, 5) is 0. The molecule has 0 bridgehead atoms. The average molecular weight is 491 g/mol. The molecule has 5 rings (SSSR count). The van der Waals surface area contributed by atoms with Crippen LogP contribution in [0.15, 0.2) is 152 Å². The third kappa shape index (κ3) is 4.89. The third-order valence-electron chi connectivity index (χ3n) is 6.35. The number of rotatable bonds is 7. The summed E-state index contributed by atoms with van der Waals surface area (Å²) in [5.74, 6) is 0. The van der Waals surface area contributed by atoms with E-state index in [1.165, 1.54) is 16.2 Å². The summed E-state index contributed by atoms with van der Waals surface area (Å²) in [6.07, 6.45) is 0.811. The molecule has 5 aromatic rings. The SMILES string of the molecule is O=P(C=P(Cc1ccccc1)(c1ccccc1)c1ccccc1)(c1ccccc1)c1ccccc1. The Hall–Kier alpha value is -3.37. The van der Waals surface area contributed by atoms with Crippen molar-refractivity contribution in [2.75, 3.05) is 0 Å². The standard InChI is InChI=1S/C32H28OP2/c33-35(31-22-12-4-13-23-31,32-24-14-5-15-25-32)27-34(29-18-8-2-9-19-29,30-20-10-3-11-21-30)26-28-16-6-1-7-17-28/h1-25,27H,26H2. The van der Waals surface area contributed by atoms with E-state index >= 15 is 4.57 Å².